The van der Waals surface area contributed by atoms with Gasteiger partial charge in [0.25, 0.3) is 0 Å². The molecule has 5 rings (SSSR count). The smallest absolute Gasteiger partial charge is 0.223 e. The molecule has 1 aliphatic carbocycles. The van der Waals surface area contributed by atoms with Gasteiger partial charge in [0.1, 0.15) is 0 Å². The van der Waals surface area contributed by atoms with Crippen molar-refractivity contribution in [3.05, 3.63) is 59.7 Å². The van der Waals surface area contributed by atoms with Crippen molar-refractivity contribution in [3.8, 4) is 0 Å². The van der Waals surface area contributed by atoms with E-state index in [2.05, 4.69) is 77.2 Å². The standard InChI is InChI=1S/C28H36N4O/c1-20-9-3-5-11-23(20)19-32-26-14-8-7-13-25(26)30-28(32)31-17-15-22(16-18-31)27(33)29-24-12-6-4-10-21(24)2/h3,5,7-9,11,13-14,21-22,24H,4,6,10,12,15-19H2,1-2H3,(H,29,33)/t21-,24-/m1/s1. The molecule has 1 saturated carbocycles. The van der Waals surface area contributed by atoms with Gasteiger partial charge in [0.05, 0.1) is 17.6 Å². The number of carbonyl (C=O) groups is 1. The molecular weight excluding hydrogens is 408 g/mol. The minimum absolute atomic E-state index is 0.115. The summed E-state index contributed by atoms with van der Waals surface area (Å²) in [5.41, 5.74) is 4.82. The van der Waals surface area contributed by atoms with E-state index in [0.717, 1.165) is 50.4 Å². The van der Waals surface area contributed by atoms with Crippen LogP contribution in [-0.2, 0) is 11.3 Å². The van der Waals surface area contributed by atoms with Crippen molar-refractivity contribution in [3.63, 3.8) is 0 Å². The van der Waals surface area contributed by atoms with Crippen LogP contribution in [0.25, 0.3) is 11.0 Å². The van der Waals surface area contributed by atoms with Crippen LogP contribution in [-0.4, -0.2) is 34.6 Å². The fourth-order valence-electron chi connectivity index (χ4n) is 5.59. The number of nitrogens with one attached hydrogen (secondary N) is 1. The summed E-state index contributed by atoms with van der Waals surface area (Å²) in [6.07, 6.45) is 6.69. The van der Waals surface area contributed by atoms with Crippen LogP contribution >= 0.6 is 0 Å². The van der Waals surface area contributed by atoms with Crippen LogP contribution in [0, 0.1) is 18.8 Å². The summed E-state index contributed by atoms with van der Waals surface area (Å²) < 4.78 is 2.35. The van der Waals surface area contributed by atoms with E-state index in [4.69, 9.17) is 4.98 Å². The second-order valence-electron chi connectivity index (χ2n) is 10.1. The number of hydrogen-bond donors (Lipinski definition) is 1. The zero-order valence-corrected chi connectivity index (χ0v) is 20.0. The van der Waals surface area contributed by atoms with Crippen molar-refractivity contribution in [2.45, 2.75) is 65.0 Å². The second-order valence-corrected chi connectivity index (χ2v) is 10.1. The molecule has 1 amide bonds. The van der Waals surface area contributed by atoms with E-state index in [-0.39, 0.29) is 11.8 Å². The summed E-state index contributed by atoms with van der Waals surface area (Å²) >= 11 is 0. The Kier molecular flexibility index (Phi) is 6.39. The van der Waals surface area contributed by atoms with E-state index < -0.39 is 0 Å². The minimum atomic E-state index is 0.115. The molecule has 2 atom stereocenters. The third kappa shape index (κ3) is 4.64. The van der Waals surface area contributed by atoms with E-state index in [1.165, 1.54) is 35.9 Å². The highest BCUT2D eigenvalue weighted by Gasteiger charge is 2.30. The highest BCUT2D eigenvalue weighted by atomic mass is 16.2. The number of imidazole rings is 1. The molecule has 3 aromatic rings. The Balaban J connectivity index is 1.31. The number of aryl methyl sites for hydroxylation is 1. The summed E-state index contributed by atoms with van der Waals surface area (Å²) in [6, 6.07) is 17.3. The van der Waals surface area contributed by atoms with Gasteiger partial charge in [-0.15, -0.1) is 0 Å². The lowest BCUT2D eigenvalue weighted by molar-refractivity contribution is -0.126. The van der Waals surface area contributed by atoms with Crippen molar-refractivity contribution in [1.82, 2.24) is 14.9 Å². The third-order valence-electron chi connectivity index (χ3n) is 7.81. The molecule has 0 radical (unpaired) electrons. The van der Waals surface area contributed by atoms with Gasteiger partial charge < -0.3 is 14.8 Å². The molecule has 1 aliphatic heterocycles. The fraction of sp³-hybridized carbons (Fsp3) is 0.500. The van der Waals surface area contributed by atoms with Crippen molar-refractivity contribution in [2.24, 2.45) is 11.8 Å². The Labute approximate surface area is 197 Å². The molecular formula is C28H36N4O. The van der Waals surface area contributed by atoms with Crippen molar-refractivity contribution in [2.75, 3.05) is 18.0 Å². The van der Waals surface area contributed by atoms with Crippen molar-refractivity contribution in [1.29, 1.82) is 0 Å². The Morgan fingerprint density at radius 1 is 1.00 bits per heavy atom. The Hall–Kier alpha value is -2.82. The average Bonchev–Trinajstić information content (AvgIpc) is 3.20. The number of rotatable bonds is 5. The second kappa shape index (κ2) is 9.58. The van der Waals surface area contributed by atoms with Crippen LogP contribution in [0.4, 0.5) is 5.95 Å². The summed E-state index contributed by atoms with van der Waals surface area (Å²) in [5.74, 6) is 2.01. The Morgan fingerprint density at radius 2 is 1.73 bits per heavy atom. The van der Waals surface area contributed by atoms with Gasteiger partial charge in [0.15, 0.2) is 0 Å². The SMILES string of the molecule is Cc1ccccc1Cn1c(N2CCC(C(=O)N[C@@H]3CCCC[C@H]3C)CC2)nc2ccccc21. The van der Waals surface area contributed by atoms with E-state index in [0.29, 0.717) is 12.0 Å². The zero-order chi connectivity index (χ0) is 22.8. The first-order chi connectivity index (χ1) is 16.1. The van der Waals surface area contributed by atoms with Crippen molar-refractivity contribution >= 4 is 22.9 Å². The predicted octanol–water partition coefficient (Wildman–Crippen LogP) is 5.30. The van der Waals surface area contributed by atoms with Crippen LogP contribution in [0.2, 0.25) is 0 Å². The van der Waals surface area contributed by atoms with Crippen LogP contribution in [0.5, 0.6) is 0 Å². The lowest BCUT2D eigenvalue weighted by atomic mass is 9.85. The molecule has 1 N–H and O–H groups in total. The molecule has 2 aromatic carbocycles. The van der Waals surface area contributed by atoms with Crippen LogP contribution in [0.1, 0.15) is 56.6 Å². The largest absolute Gasteiger partial charge is 0.353 e. The maximum absolute atomic E-state index is 13.0. The van der Waals surface area contributed by atoms with Gasteiger partial charge in [-0.05, 0) is 61.8 Å². The summed E-state index contributed by atoms with van der Waals surface area (Å²) in [5, 5.41) is 3.39. The molecule has 0 unspecified atom stereocenters. The predicted molar refractivity (Wildman–Crippen MR) is 135 cm³/mol. The van der Waals surface area contributed by atoms with Gasteiger partial charge in [-0.3, -0.25) is 4.79 Å². The lowest BCUT2D eigenvalue weighted by Gasteiger charge is -2.35. The number of anilines is 1. The van der Waals surface area contributed by atoms with E-state index >= 15 is 0 Å². The van der Waals surface area contributed by atoms with E-state index in [9.17, 15) is 4.79 Å². The number of para-hydroxylation sites is 2. The number of piperidine rings is 1. The number of hydrogen-bond acceptors (Lipinski definition) is 3. The molecule has 2 heterocycles. The normalized spacial score (nSPS) is 21.9. The molecule has 33 heavy (non-hydrogen) atoms. The van der Waals surface area contributed by atoms with E-state index in [1.807, 2.05) is 0 Å². The van der Waals surface area contributed by atoms with Gasteiger partial charge in [-0.2, -0.15) is 0 Å². The molecule has 2 fully saturated rings. The maximum Gasteiger partial charge on any atom is 0.223 e. The Bertz CT molecular complexity index is 1110. The first-order valence-corrected chi connectivity index (χ1v) is 12.7. The number of aromatic nitrogens is 2. The summed E-state index contributed by atoms with van der Waals surface area (Å²) in [6.45, 7) is 7.00. The average molecular weight is 445 g/mol. The summed E-state index contributed by atoms with van der Waals surface area (Å²) in [7, 11) is 0. The zero-order valence-electron chi connectivity index (χ0n) is 20.0. The molecule has 5 heteroatoms. The molecule has 0 spiro atoms. The van der Waals surface area contributed by atoms with E-state index in [1.54, 1.807) is 0 Å². The van der Waals surface area contributed by atoms with Crippen LogP contribution in [0.3, 0.4) is 0 Å². The Morgan fingerprint density at radius 3 is 2.52 bits per heavy atom. The number of amides is 1. The first-order valence-electron chi connectivity index (χ1n) is 12.7. The molecule has 1 aromatic heterocycles. The molecule has 0 bridgehead atoms. The minimum Gasteiger partial charge on any atom is -0.353 e. The number of benzene rings is 2. The van der Waals surface area contributed by atoms with Crippen LogP contribution < -0.4 is 10.2 Å². The topological polar surface area (TPSA) is 50.2 Å². The molecule has 1 saturated heterocycles. The number of fused-ring (bicyclic) bond motifs is 1. The number of nitrogens with zero attached hydrogens (tertiary/aromatic N) is 3. The fourth-order valence-corrected chi connectivity index (χ4v) is 5.59. The van der Waals surface area contributed by atoms with Gasteiger partial charge in [-0.25, -0.2) is 4.98 Å². The van der Waals surface area contributed by atoms with Crippen molar-refractivity contribution < 1.29 is 4.79 Å². The molecule has 2 aliphatic rings. The van der Waals surface area contributed by atoms with Gasteiger partial charge in [0, 0.05) is 25.0 Å². The summed E-state index contributed by atoms with van der Waals surface area (Å²) in [4.78, 5) is 20.4. The maximum atomic E-state index is 13.0. The highest BCUT2D eigenvalue weighted by molar-refractivity contribution is 5.80. The van der Waals surface area contributed by atoms with Gasteiger partial charge in [-0.1, -0.05) is 56.2 Å². The third-order valence-corrected chi connectivity index (χ3v) is 7.81. The monoisotopic (exact) mass is 444 g/mol. The quantitative estimate of drug-likeness (QED) is 0.581. The number of carbonyl (C=O) groups excluding carboxylic acids is 1. The first kappa shape index (κ1) is 22.0. The molecule has 5 nitrogen and oxygen atoms in total. The lowest BCUT2D eigenvalue weighted by Crippen LogP contribution is -2.47. The van der Waals surface area contributed by atoms with Crippen LogP contribution in [0.15, 0.2) is 48.5 Å². The van der Waals surface area contributed by atoms with Gasteiger partial charge >= 0.3 is 0 Å². The highest BCUT2D eigenvalue weighted by Crippen LogP contribution is 2.29. The van der Waals surface area contributed by atoms with Gasteiger partial charge in [0.2, 0.25) is 11.9 Å². The molecule has 174 valence electrons.